The topological polar surface area (TPSA) is 40.6 Å². The van der Waals surface area contributed by atoms with Gasteiger partial charge in [0.05, 0.1) is 44.5 Å². The van der Waals surface area contributed by atoms with Gasteiger partial charge in [-0.3, -0.25) is 4.57 Å². The molecule has 10 aromatic carbocycles. The first-order valence-electron chi connectivity index (χ1n) is 23.5. The first-order valence-corrected chi connectivity index (χ1v) is 23.5. The highest BCUT2D eigenvalue weighted by Crippen LogP contribution is 2.43. The summed E-state index contributed by atoms with van der Waals surface area (Å²) in [7, 11) is 0. The van der Waals surface area contributed by atoms with Gasteiger partial charge in [-0.1, -0.05) is 182 Å². The number of benzene rings is 10. The largest absolute Gasteiger partial charge is 0.309 e. The molecule has 322 valence electrons. The lowest BCUT2D eigenvalue weighted by Gasteiger charge is -2.18. The van der Waals surface area contributed by atoms with Gasteiger partial charge in [0, 0.05) is 55.2 Å². The van der Waals surface area contributed by atoms with Crippen LogP contribution in [-0.4, -0.2) is 23.7 Å². The van der Waals surface area contributed by atoms with E-state index in [1.165, 1.54) is 21.5 Å². The van der Waals surface area contributed by atoms with Crippen molar-refractivity contribution < 1.29 is 0 Å². The zero-order chi connectivity index (χ0) is 45.4. The molecule has 14 rings (SSSR count). The van der Waals surface area contributed by atoms with E-state index in [0.29, 0.717) is 5.82 Å². The van der Waals surface area contributed by atoms with Crippen LogP contribution in [-0.2, 0) is 0 Å². The number of hydrogen-bond acceptors (Lipinski definition) is 2. The molecule has 0 atom stereocenters. The lowest BCUT2D eigenvalue weighted by molar-refractivity contribution is 1.04. The Labute approximate surface area is 398 Å². The third kappa shape index (κ3) is 6.25. The molecule has 0 unspecified atom stereocenters. The summed E-state index contributed by atoms with van der Waals surface area (Å²) in [4.78, 5) is 11.0. The highest BCUT2D eigenvalue weighted by atomic mass is 15.1. The standard InChI is InChI=1S/C64H41N5/c1-4-20-42(21-5-1)45-36-46(43-22-6-2-7-23-43)38-47(37-45)55-41-62(66-64(65-55)44-24-8-3-9-25-44)69-60-35-19-14-30-53(60)54-39-48(67-56-31-15-10-26-49(56)50-27-11-16-32-57(50)67)40-61(63(54)69)68-58-33-17-12-28-51(58)52-29-13-18-34-59(52)68/h1-41H. The van der Waals surface area contributed by atoms with Crippen LogP contribution in [0.4, 0.5) is 0 Å². The molecule has 0 fully saturated rings. The summed E-state index contributed by atoms with van der Waals surface area (Å²) in [5.41, 5.74) is 16.2. The quantitative estimate of drug-likeness (QED) is 0.160. The fourth-order valence-electron chi connectivity index (χ4n) is 10.8. The molecule has 0 spiro atoms. The van der Waals surface area contributed by atoms with E-state index < -0.39 is 0 Å². The molecular formula is C64H41N5. The van der Waals surface area contributed by atoms with E-state index in [1.54, 1.807) is 0 Å². The van der Waals surface area contributed by atoms with E-state index in [1.807, 2.05) is 6.07 Å². The number of nitrogens with zero attached hydrogens (tertiary/aromatic N) is 5. The van der Waals surface area contributed by atoms with Crippen molar-refractivity contribution in [3.05, 3.63) is 249 Å². The first-order chi connectivity index (χ1) is 34.2. The number of rotatable bonds is 7. The van der Waals surface area contributed by atoms with E-state index in [4.69, 9.17) is 9.97 Å². The van der Waals surface area contributed by atoms with Crippen LogP contribution in [0, 0.1) is 0 Å². The van der Waals surface area contributed by atoms with Crippen molar-refractivity contribution in [1.82, 2.24) is 23.7 Å². The van der Waals surface area contributed by atoms with Gasteiger partial charge in [0.15, 0.2) is 5.82 Å². The second-order valence-electron chi connectivity index (χ2n) is 17.8. The number of fused-ring (bicyclic) bond motifs is 9. The predicted octanol–water partition coefficient (Wildman–Crippen LogP) is 16.4. The summed E-state index contributed by atoms with van der Waals surface area (Å²) >= 11 is 0. The Morgan fingerprint density at radius 2 is 0.652 bits per heavy atom. The van der Waals surface area contributed by atoms with Crippen LogP contribution in [0.5, 0.6) is 0 Å². The van der Waals surface area contributed by atoms with Crippen LogP contribution in [0.2, 0.25) is 0 Å². The molecule has 5 nitrogen and oxygen atoms in total. The van der Waals surface area contributed by atoms with Crippen LogP contribution in [0.3, 0.4) is 0 Å². The van der Waals surface area contributed by atoms with Crippen molar-refractivity contribution in [3.63, 3.8) is 0 Å². The van der Waals surface area contributed by atoms with Gasteiger partial charge in [-0.25, -0.2) is 9.97 Å². The lowest BCUT2D eigenvalue weighted by atomic mass is 9.95. The van der Waals surface area contributed by atoms with Crippen LogP contribution in [0.25, 0.3) is 128 Å². The molecule has 4 aromatic heterocycles. The average Bonchev–Trinajstić information content (AvgIpc) is 4.07. The second kappa shape index (κ2) is 15.7. The molecule has 69 heavy (non-hydrogen) atoms. The third-order valence-electron chi connectivity index (χ3n) is 13.8. The number of para-hydroxylation sites is 5. The van der Waals surface area contributed by atoms with E-state index in [0.717, 1.165) is 100 Å². The van der Waals surface area contributed by atoms with Gasteiger partial charge >= 0.3 is 0 Å². The summed E-state index contributed by atoms with van der Waals surface area (Å²) in [6.45, 7) is 0. The van der Waals surface area contributed by atoms with Gasteiger partial charge in [0.2, 0.25) is 0 Å². The Bertz CT molecular complexity index is 4130. The van der Waals surface area contributed by atoms with Gasteiger partial charge < -0.3 is 9.13 Å². The van der Waals surface area contributed by atoms with Crippen molar-refractivity contribution in [2.45, 2.75) is 0 Å². The predicted molar refractivity (Wildman–Crippen MR) is 287 cm³/mol. The number of aromatic nitrogens is 5. The SMILES string of the molecule is c1ccc(-c2cc(-c3ccccc3)cc(-c3cc(-n4c5ccccc5c5cc(-n6c7ccccc7c7ccccc76)cc(-n6c7ccccc7c7ccccc76)c54)nc(-c4ccccc4)n3)c2)cc1. The minimum absolute atomic E-state index is 0.653. The summed E-state index contributed by atoms with van der Waals surface area (Å²) in [5, 5.41) is 7.12. The molecule has 0 radical (unpaired) electrons. The fourth-order valence-corrected chi connectivity index (χ4v) is 10.8. The fraction of sp³-hybridized carbons (Fsp3) is 0. The molecule has 0 aliphatic heterocycles. The maximum absolute atomic E-state index is 5.57. The first kappa shape index (κ1) is 38.9. The van der Waals surface area contributed by atoms with Crippen LogP contribution in [0.1, 0.15) is 0 Å². The van der Waals surface area contributed by atoms with Gasteiger partial charge in [-0.2, -0.15) is 0 Å². The molecule has 0 bridgehead atoms. The van der Waals surface area contributed by atoms with E-state index in [-0.39, 0.29) is 0 Å². The van der Waals surface area contributed by atoms with Crippen molar-refractivity contribution in [2.75, 3.05) is 0 Å². The van der Waals surface area contributed by atoms with Crippen LogP contribution < -0.4 is 0 Å². The molecule has 4 heterocycles. The Morgan fingerprint density at radius 3 is 1.14 bits per heavy atom. The van der Waals surface area contributed by atoms with Crippen LogP contribution in [0.15, 0.2) is 249 Å². The van der Waals surface area contributed by atoms with Crippen molar-refractivity contribution in [2.24, 2.45) is 0 Å². The maximum Gasteiger partial charge on any atom is 0.162 e. The van der Waals surface area contributed by atoms with Gasteiger partial charge in [0.1, 0.15) is 5.82 Å². The highest BCUT2D eigenvalue weighted by Gasteiger charge is 2.25. The van der Waals surface area contributed by atoms with Crippen molar-refractivity contribution >= 4 is 65.4 Å². The smallest absolute Gasteiger partial charge is 0.162 e. The van der Waals surface area contributed by atoms with Crippen LogP contribution >= 0.6 is 0 Å². The minimum Gasteiger partial charge on any atom is -0.309 e. The summed E-state index contributed by atoms with van der Waals surface area (Å²) in [6.07, 6.45) is 0. The lowest BCUT2D eigenvalue weighted by Crippen LogP contribution is -2.06. The van der Waals surface area contributed by atoms with Crippen molar-refractivity contribution in [1.29, 1.82) is 0 Å². The normalized spacial score (nSPS) is 11.8. The third-order valence-corrected chi connectivity index (χ3v) is 13.8. The van der Waals surface area contributed by atoms with Gasteiger partial charge in [-0.05, 0) is 82.9 Å². The molecule has 5 heteroatoms. The molecule has 0 amide bonds. The summed E-state index contributed by atoms with van der Waals surface area (Å²) in [5.74, 6) is 1.43. The average molecular weight is 880 g/mol. The zero-order valence-corrected chi connectivity index (χ0v) is 37.4. The summed E-state index contributed by atoms with van der Waals surface area (Å²) < 4.78 is 7.29. The van der Waals surface area contributed by atoms with E-state index >= 15 is 0 Å². The Balaban J connectivity index is 1.12. The molecule has 0 saturated heterocycles. The molecule has 0 saturated carbocycles. The Kier molecular flexibility index (Phi) is 8.83. The Hall–Kier alpha value is -9.32. The Morgan fingerprint density at radius 1 is 0.261 bits per heavy atom. The molecular weight excluding hydrogens is 839 g/mol. The zero-order valence-electron chi connectivity index (χ0n) is 37.4. The van der Waals surface area contributed by atoms with E-state index in [9.17, 15) is 0 Å². The molecule has 0 aliphatic carbocycles. The maximum atomic E-state index is 5.57. The summed E-state index contributed by atoms with van der Waals surface area (Å²) in [6, 6.07) is 89.3. The molecule has 0 aliphatic rings. The van der Waals surface area contributed by atoms with E-state index in [2.05, 4.69) is 256 Å². The van der Waals surface area contributed by atoms with Gasteiger partial charge in [0.25, 0.3) is 0 Å². The van der Waals surface area contributed by atoms with Crippen molar-refractivity contribution in [3.8, 4) is 62.1 Å². The van der Waals surface area contributed by atoms with Gasteiger partial charge in [-0.15, -0.1) is 0 Å². The second-order valence-corrected chi connectivity index (χ2v) is 17.8. The number of hydrogen-bond donors (Lipinski definition) is 0. The molecule has 0 N–H and O–H groups in total. The minimum atomic E-state index is 0.653. The molecule has 14 aromatic rings. The highest BCUT2D eigenvalue weighted by molar-refractivity contribution is 6.16. The monoisotopic (exact) mass is 879 g/mol.